The van der Waals surface area contributed by atoms with E-state index < -0.39 is 33.6 Å². The number of aliphatic hydroxyl groups is 1. The van der Waals surface area contributed by atoms with Gasteiger partial charge in [0.2, 0.25) is 6.23 Å². The van der Waals surface area contributed by atoms with Crippen molar-refractivity contribution in [3.05, 3.63) is 106 Å². The number of aliphatic imine (C=N–C) groups is 1. The summed E-state index contributed by atoms with van der Waals surface area (Å²) in [6.45, 7) is 1.89. The van der Waals surface area contributed by atoms with Crippen molar-refractivity contribution in [2.24, 2.45) is 34.2 Å². The molecule has 3 aromatic rings. The van der Waals surface area contributed by atoms with Gasteiger partial charge in [0, 0.05) is 41.6 Å². The zero-order chi connectivity index (χ0) is 35.2. The van der Waals surface area contributed by atoms with Crippen molar-refractivity contribution < 1.29 is 32.7 Å². The number of aromatic hydroxyl groups is 1. The Morgan fingerprint density at radius 1 is 1.00 bits per heavy atom. The third-order valence-electron chi connectivity index (χ3n) is 11.0. The second kappa shape index (κ2) is 13.8. The van der Waals surface area contributed by atoms with E-state index in [1.807, 2.05) is 67.6 Å². The SMILES string of the molecule is CC[C@H]1C[C@@H](S(=O)(=O)O)[C@@H]2C=C3C[C@@H](C[C@H]4O[C@H]3c3ccc(O)cc3C#CC[C@H]4CO)[C@@H]2c2ccc(cc2)[C@H](N=C(N)N)Oc2ccc1cc2. The Balaban J connectivity index is 1.44. The summed E-state index contributed by atoms with van der Waals surface area (Å²) < 4.78 is 51.5. The number of hydrogen-bond donors (Lipinski definition) is 5. The number of nitrogens with zero attached hydrogens (tertiary/aromatic N) is 1. The average Bonchev–Trinajstić information content (AvgIpc) is 3.18. The smallest absolute Gasteiger partial charge is 0.268 e. The van der Waals surface area contributed by atoms with Gasteiger partial charge in [-0.1, -0.05) is 67.3 Å². The number of phenolic OH excluding ortho intramolecular Hbond substituents is 1. The predicted molar refractivity (Wildman–Crippen MR) is 190 cm³/mol. The fourth-order valence-corrected chi connectivity index (χ4v) is 9.64. The topological polar surface area (TPSA) is 178 Å². The maximum absolute atomic E-state index is 13.6. The summed E-state index contributed by atoms with van der Waals surface area (Å²) in [5.41, 5.74) is 16.5. The van der Waals surface area contributed by atoms with E-state index in [0.717, 1.165) is 22.3 Å². The van der Waals surface area contributed by atoms with Gasteiger partial charge >= 0.3 is 0 Å². The Kier molecular flexibility index (Phi) is 9.39. The van der Waals surface area contributed by atoms with E-state index in [1.54, 1.807) is 12.1 Å². The lowest BCUT2D eigenvalue weighted by molar-refractivity contribution is -0.0416. The molecule has 262 valence electrons. The summed E-state index contributed by atoms with van der Waals surface area (Å²) in [7, 11) is -4.56. The standard InChI is InChI=1S/C39H43N3O7S/c1-2-22-20-35(50(45,46)47)33-18-29-16-28(19-34-27(21-43)5-3-4-26-17-30(44)12-15-32(26)37(29)49-34)36(33)24-6-8-25(9-7-24)38(42-39(40)41)48-31-13-10-23(22)11-14-31/h6-15,17-18,22,27-28,33-38,43-44H,2,5,16,19-21H2,1H3,(H4,40,41,42)(H,45,46,47)/t22-,27-,28-,33-,34+,35+,36-,37+,38+/m0/s1. The van der Waals surface area contributed by atoms with E-state index in [-0.39, 0.29) is 54.5 Å². The van der Waals surface area contributed by atoms with Crippen LogP contribution in [-0.4, -0.2) is 47.1 Å². The maximum atomic E-state index is 13.6. The molecule has 8 bridgehead atoms. The summed E-state index contributed by atoms with van der Waals surface area (Å²) in [6, 6.07) is 20.3. The Morgan fingerprint density at radius 2 is 1.72 bits per heavy atom. The first-order chi connectivity index (χ1) is 24.0. The molecular formula is C39H43N3O7S. The molecule has 10 rings (SSSR count). The van der Waals surface area contributed by atoms with Crippen molar-refractivity contribution in [1.29, 1.82) is 0 Å². The predicted octanol–water partition coefficient (Wildman–Crippen LogP) is 5.44. The van der Waals surface area contributed by atoms with E-state index in [0.29, 0.717) is 42.6 Å². The quantitative estimate of drug-likeness (QED) is 0.0781. The number of guanidine groups is 1. The molecule has 1 saturated heterocycles. The monoisotopic (exact) mass is 697 g/mol. The first kappa shape index (κ1) is 34.1. The van der Waals surface area contributed by atoms with Crippen LogP contribution in [0.4, 0.5) is 0 Å². The largest absolute Gasteiger partial charge is 0.508 e. The normalized spacial score (nSPS) is 30.1. The molecule has 0 saturated carbocycles. The third-order valence-corrected chi connectivity index (χ3v) is 12.2. The van der Waals surface area contributed by atoms with Crippen LogP contribution in [0.2, 0.25) is 0 Å². The molecule has 1 aliphatic carbocycles. The first-order valence-corrected chi connectivity index (χ1v) is 18.7. The highest BCUT2D eigenvalue weighted by Crippen LogP contribution is 2.54. The molecule has 0 unspecified atom stereocenters. The number of benzene rings is 3. The van der Waals surface area contributed by atoms with E-state index >= 15 is 0 Å². The fourth-order valence-electron chi connectivity index (χ4n) is 8.52. The lowest BCUT2D eigenvalue weighted by atomic mass is 9.65. The van der Waals surface area contributed by atoms with Gasteiger partial charge in [-0.25, -0.2) is 4.99 Å². The van der Waals surface area contributed by atoms with Crippen LogP contribution in [0.3, 0.4) is 0 Å². The molecule has 50 heavy (non-hydrogen) atoms. The lowest BCUT2D eigenvalue weighted by Crippen LogP contribution is -2.39. The van der Waals surface area contributed by atoms with Gasteiger partial charge in [0.1, 0.15) is 17.6 Å². The Hall–Kier alpha value is -4.34. The van der Waals surface area contributed by atoms with E-state index in [1.165, 1.54) is 0 Å². The molecule has 10 nitrogen and oxygen atoms in total. The van der Waals surface area contributed by atoms with E-state index in [2.05, 4.69) is 16.8 Å². The molecule has 7 N–H and O–H groups in total. The average molecular weight is 698 g/mol. The molecule has 0 spiro atoms. The molecule has 3 aromatic carbocycles. The van der Waals surface area contributed by atoms with Gasteiger partial charge in [-0.3, -0.25) is 4.55 Å². The number of rotatable bonds is 4. The highest BCUT2D eigenvalue weighted by molar-refractivity contribution is 7.86. The summed E-state index contributed by atoms with van der Waals surface area (Å²) in [4.78, 5) is 4.36. The summed E-state index contributed by atoms with van der Waals surface area (Å²) in [6.07, 6.45) is 2.68. The van der Waals surface area contributed by atoms with Crippen LogP contribution in [0, 0.1) is 29.6 Å². The molecule has 6 aliphatic heterocycles. The molecule has 1 fully saturated rings. The van der Waals surface area contributed by atoms with Crippen molar-refractivity contribution >= 4 is 16.1 Å². The fraction of sp³-hybridized carbons (Fsp3) is 0.410. The highest BCUT2D eigenvalue weighted by Gasteiger charge is 2.48. The highest BCUT2D eigenvalue weighted by atomic mass is 32.2. The minimum atomic E-state index is -4.56. The van der Waals surface area contributed by atoms with Crippen molar-refractivity contribution in [3.63, 3.8) is 0 Å². The third kappa shape index (κ3) is 6.73. The Bertz CT molecular complexity index is 1960. The van der Waals surface area contributed by atoms with Gasteiger partial charge in [0.25, 0.3) is 10.1 Å². The van der Waals surface area contributed by atoms with Gasteiger partial charge in [-0.15, -0.1) is 0 Å². The van der Waals surface area contributed by atoms with E-state index in [9.17, 15) is 23.2 Å². The van der Waals surface area contributed by atoms with Gasteiger partial charge in [-0.2, -0.15) is 8.42 Å². The zero-order valence-electron chi connectivity index (χ0n) is 27.9. The van der Waals surface area contributed by atoms with Gasteiger partial charge in [0.05, 0.1) is 11.4 Å². The molecule has 11 heteroatoms. The van der Waals surface area contributed by atoms with Crippen LogP contribution < -0.4 is 16.2 Å². The molecule has 7 aliphatic rings. The van der Waals surface area contributed by atoms with E-state index in [4.69, 9.17) is 20.9 Å². The van der Waals surface area contributed by atoms with Crippen LogP contribution in [0.1, 0.15) is 91.0 Å². The number of hydrogen-bond acceptors (Lipinski definition) is 7. The van der Waals surface area contributed by atoms with Gasteiger partial charge in [-0.05, 0) is 84.4 Å². The number of aliphatic hydroxyl groups excluding tert-OH is 1. The van der Waals surface area contributed by atoms with Crippen molar-refractivity contribution in [2.75, 3.05) is 6.61 Å². The van der Waals surface area contributed by atoms with Gasteiger partial charge in [0.15, 0.2) is 5.96 Å². The number of fused-ring (bicyclic) bond motifs is 7. The maximum Gasteiger partial charge on any atom is 0.268 e. The minimum absolute atomic E-state index is 0.0829. The Labute approximate surface area is 293 Å². The van der Waals surface area contributed by atoms with Crippen LogP contribution in [-0.2, 0) is 14.9 Å². The molecule has 6 heterocycles. The molecule has 0 amide bonds. The molecule has 0 radical (unpaired) electrons. The molecule has 0 aromatic heterocycles. The second-order valence-corrected chi connectivity index (χ2v) is 15.6. The first-order valence-electron chi connectivity index (χ1n) is 17.2. The number of allylic oxidation sites excluding steroid dienone is 1. The Morgan fingerprint density at radius 3 is 2.40 bits per heavy atom. The summed E-state index contributed by atoms with van der Waals surface area (Å²) >= 11 is 0. The second-order valence-electron chi connectivity index (χ2n) is 14.0. The van der Waals surface area contributed by atoms with Crippen molar-refractivity contribution in [2.45, 2.75) is 74.5 Å². The number of phenols is 1. The van der Waals surface area contributed by atoms with Crippen molar-refractivity contribution in [3.8, 4) is 23.3 Å². The molecule has 9 atom stereocenters. The zero-order valence-corrected chi connectivity index (χ0v) is 28.7. The van der Waals surface area contributed by atoms with Crippen LogP contribution in [0.5, 0.6) is 11.5 Å². The summed E-state index contributed by atoms with van der Waals surface area (Å²) in [5.74, 6) is 5.44. The van der Waals surface area contributed by atoms with Gasteiger partial charge < -0.3 is 31.2 Å². The number of ether oxygens (including phenoxy) is 2. The minimum Gasteiger partial charge on any atom is -0.508 e. The van der Waals surface area contributed by atoms with Crippen molar-refractivity contribution in [1.82, 2.24) is 0 Å². The van der Waals surface area contributed by atoms with Crippen LogP contribution in [0.15, 0.2) is 83.4 Å². The number of nitrogens with two attached hydrogens (primary N) is 2. The summed E-state index contributed by atoms with van der Waals surface area (Å²) in [5, 5.41) is 19.8. The van der Waals surface area contributed by atoms with Crippen LogP contribution in [0.25, 0.3) is 0 Å². The lowest BCUT2D eigenvalue weighted by Gasteiger charge is -2.41. The van der Waals surface area contributed by atoms with Crippen LogP contribution >= 0.6 is 0 Å². The molecular weight excluding hydrogens is 655 g/mol.